The molecule has 0 bridgehead atoms. The second kappa shape index (κ2) is 5.86. The summed E-state index contributed by atoms with van der Waals surface area (Å²) in [6, 6.07) is 14.9. The molecular weight excluding hydrogens is 270 g/mol. The fourth-order valence-electron chi connectivity index (χ4n) is 2.31. The summed E-state index contributed by atoms with van der Waals surface area (Å²) in [7, 11) is 1.72. The molecule has 0 aromatic heterocycles. The van der Waals surface area contributed by atoms with Crippen molar-refractivity contribution in [1.29, 1.82) is 0 Å². The Labute approximate surface area is 124 Å². The minimum atomic E-state index is 0.689. The van der Waals surface area contributed by atoms with Gasteiger partial charge in [-0.3, -0.25) is 0 Å². The highest BCUT2D eigenvalue weighted by Crippen LogP contribution is 2.29. The van der Waals surface area contributed by atoms with Crippen LogP contribution in [0.25, 0.3) is 11.1 Å². The minimum absolute atomic E-state index is 0.689. The van der Waals surface area contributed by atoms with Gasteiger partial charge in [0, 0.05) is 23.2 Å². The zero-order valence-electron chi connectivity index (χ0n) is 11.5. The number of hydrogen-bond donors (Lipinski definition) is 1. The van der Waals surface area contributed by atoms with Gasteiger partial charge in [0.2, 0.25) is 0 Å². The molecule has 0 unspecified atom stereocenters. The molecule has 1 fully saturated rings. The van der Waals surface area contributed by atoms with Crippen LogP contribution in [0.4, 0.5) is 0 Å². The Balaban J connectivity index is 1.89. The normalized spacial score (nSPS) is 14.3. The van der Waals surface area contributed by atoms with Gasteiger partial charge in [-0.1, -0.05) is 29.8 Å². The summed E-state index contributed by atoms with van der Waals surface area (Å²) < 4.78 is 5.45. The first kappa shape index (κ1) is 13.5. The lowest BCUT2D eigenvalue weighted by molar-refractivity contribution is 0.407. The van der Waals surface area contributed by atoms with Crippen LogP contribution in [0.5, 0.6) is 5.75 Å². The average Bonchev–Trinajstić information content (AvgIpc) is 3.29. The van der Waals surface area contributed by atoms with Crippen LogP contribution in [-0.2, 0) is 6.54 Å². The van der Waals surface area contributed by atoms with Gasteiger partial charge in [-0.05, 0) is 48.2 Å². The van der Waals surface area contributed by atoms with E-state index in [1.54, 1.807) is 7.11 Å². The first-order valence-corrected chi connectivity index (χ1v) is 7.30. The number of halogens is 1. The van der Waals surface area contributed by atoms with Crippen LogP contribution < -0.4 is 10.1 Å². The smallest absolute Gasteiger partial charge is 0.123 e. The minimum Gasteiger partial charge on any atom is -0.496 e. The third-order valence-corrected chi connectivity index (χ3v) is 3.83. The summed E-state index contributed by atoms with van der Waals surface area (Å²) in [5, 5.41) is 4.29. The van der Waals surface area contributed by atoms with Crippen LogP contribution in [0.15, 0.2) is 42.5 Å². The maximum atomic E-state index is 6.07. The lowest BCUT2D eigenvalue weighted by atomic mass is 10.0. The zero-order valence-corrected chi connectivity index (χ0v) is 12.3. The van der Waals surface area contributed by atoms with Crippen LogP contribution in [0.2, 0.25) is 5.02 Å². The molecule has 0 aliphatic heterocycles. The maximum absolute atomic E-state index is 6.07. The molecule has 0 radical (unpaired) electrons. The van der Waals surface area contributed by atoms with Crippen LogP contribution in [0.1, 0.15) is 18.4 Å². The topological polar surface area (TPSA) is 21.3 Å². The highest BCUT2D eigenvalue weighted by Gasteiger charge is 2.20. The quantitative estimate of drug-likeness (QED) is 0.887. The van der Waals surface area contributed by atoms with E-state index in [0.717, 1.165) is 22.9 Å². The molecule has 3 heteroatoms. The van der Waals surface area contributed by atoms with Crippen molar-refractivity contribution in [2.45, 2.75) is 25.4 Å². The summed E-state index contributed by atoms with van der Waals surface area (Å²) in [5.74, 6) is 0.934. The Hall–Kier alpha value is -1.51. The van der Waals surface area contributed by atoms with Crippen molar-refractivity contribution < 1.29 is 4.74 Å². The molecule has 1 aliphatic rings. The third-order valence-electron chi connectivity index (χ3n) is 3.60. The molecule has 1 aliphatic carbocycles. The van der Waals surface area contributed by atoms with E-state index in [4.69, 9.17) is 16.3 Å². The second-order valence-corrected chi connectivity index (χ2v) is 5.63. The fourth-order valence-corrected chi connectivity index (χ4v) is 2.50. The van der Waals surface area contributed by atoms with Gasteiger partial charge in [-0.15, -0.1) is 0 Å². The Morgan fingerprint density at radius 1 is 1.15 bits per heavy atom. The van der Waals surface area contributed by atoms with Crippen molar-refractivity contribution >= 4 is 11.6 Å². The van der Waals surface area contributed by atoms with Gasteiger partial charge in [-0.2, -0.15) is 0 Å². The molecule has 20 heavy (non-hydrogen) atoms. The van der Waals surface area contributed by atoms with Gasteiger partial charge in [0.1, 0.15) is 5.75 Å². The van der Waals surface area contributed by atoms with Gasteiger partial charge in [0.05, 0.1) is 7.11 Å². The molecule has 0 amide bonds. The highest BCUT2D eigenvalue weighted by molar-refractivity contribution is 6.30. The predicted molar refractivity (Wildman–Crippen MR) is 83.3 cm³/mol. The second-order valence-electron chi connectivity index (χ2n) is 5.19. The summed E-state index contributed by atoms with van der Waals surface area (Å²) in [6.07, 6.45) is 2.58. The molecule has 0 saturated heterocycles. The first-order chi connectivity index (χ1) is 9.76. The largest absolute Gasteiger partial charge is 0.496 e. The molecule has 0 heterocycles. The molecule has 2 aromatic carbocycles. The van der Waals surface area contributed by atoms with Crippen molar-refractivity contribution in [2.24, 2.45) is 0 Å². The van der Waals surface area contributed by atoms with Gasteiger partial charge < -0.3 is 10.1 Å². The lowest BCUT2D eigenvalue weighted by Crippen LogP contribution is -2.15. The zero-order chi connectivity index (χ0) is 13.9. The monoisotopic (exact) mass is 287 g/mol. The Bertz CT molecular complexity index is 608. The van der Waals surface area contributed by atoms with Gasteiger partial charge in [0.15, 0.2) is 0 Å². The Morgan fingerprint density at radius 3 is 2.65 bits per heavy atom. The van der Waals surface area contributed by atoms with Crippen LogP contribution in [0.3, 0.4) is 0 Å². The lowest BCUT2D eigenvalue weighted by Gasteiger charge is -2.12. The van der Waals surface area contributed by atoms with Crippen molar-refractivity contribution in [1.82, 2.24) is 5.32 Å². The summed E-state index contributed by atoms with van der Waals surface area (Å²) in [5.41, 5.74) is 3.49. The van der Waals surface area contributed by atoms with E-state index in [1.807, 2.05) is 24.3 Å². The summed E-state index contributed by atoms with van der Waals surface area (Å²) in [6.45, 7) is 0.849. The SMILES string of the molecule is COc1ccc(-c2cccc(Cl)c2)cc1CNC1CC1. The Morgan fingerprint density at radius 2 is 1.95 bits per heavy atom. The van der Waals surface area contributed by atoms with Crippen molar-refractivity contribution in [3.8, 4) is 16.9 Å². The van der Waals surface area contributed by atoms with Crippen LogP contribution in [0, 0.1) is 0 Å². The van der Waals surface area contributed by atoms with E-state index in [2.05, 4.69) is 23.5 Å². The molecule has 3 rings (SSSR count). The molecule has 2 nitrogen and oxygen atoms in total. The molecule has 1 N–H and O–H groups in total. The molecule has 0 spiro atoms. The number of hydrogen-bond acceptors (Lipinski definition) is 2. The fraction of sp³-hybridized carbons (Fsp3) is 0.294. The van der Waals surface area contributed by atoms with Gasteiger partial charge in [0.25, 0.3) is 0 Å². The van der Waals surface area contributed by atoms with Crippen LogP contribution >= 0.6 is 11.6 Å². The average molecular weight is 288 g/mol. The summed E-state index contributed by atoms with van der Waals surface area (Å²) >= 11 is 6.07. The maximum Gasteiger partial charge on any atom is 0.123 e. The van der Waals surface area contributed by atoms with E-state index in [1.165, 1.54) is 24.0 Å². The number of benzene rings is 2. The molecular formula is C17H18ClNO. The van der Waals surface area contributed by atoms with E-state index in [9.17, 15) is 0 Å². The van der Waals surface area contributed by atoms with E-state index in [-0.39, 0.29) is 0 Å². The standard InChI is InChI=1S/C17H18ClNO/c1-20-17-8-5-13(12-3-2-4-15(18)10-12)9-14(17)11-19-16-6-7-16/h2-5,8-10,16,19H,6-7,11H2,1H3. The van der Waals surface area contributed by atoms with Crippen molar-refractivity contribution in [2.75, 3.05) is 7.11 Å². The number of rotatable bonds is 5. The predicted octanol–water partition coefficient (Wildman–Crippen LogP) is 4.27. The van der Waals surface area contributed by atoms with E-state index >= 15 is 0 Å². The van der Waals surface area contributed by atoms with E-state index in [0.29, 0.717) is 6.04 Å². The van der Waals surface area contributed by atoms with Gasteiger partial charge in [-0.25, -0.2) is 0 Å². The van der Waals surface area contributed by atoms with Crippen LogP contribution in [-0.4, -0.2) is 13.2 Å². The highest BCUT2D eigenvalue weighted by atomic mass is 35.5. The molecule has 0 atom stereocenters. The van der Waals surface area contributed by atoms with E-state index < -0.39 is 0 Å². The molecule has 104 valence electrons. The van der Waals surface area contributed by atoms with Crippen molar-refractivity contribution in [3.63, 3.8) is 0 Å². The van der Waals surface area contributed by atoms with Crippen molar-refractivity contribution in [3.05, 3.63) is 53.1 Å². The number of nitrogens with one attached hydrogen (secondary N) is 1. The first-order valence-electron chi connectivity index (χ1n) is 6.92. The number of ether oxygens (including phenoxy) is 1. The van der Waals surface area contributed by atoms with Gasteiger partial charge >= 0.3 is 0 Å². The molecule has 2 aromatic rings. The molecule has 1 saturated carbocycles. The Kier molecular flexibility index (Phi) is 3.95. The summed E-state index contributed by atoms with van der Waals surface area (Å²) in [4.78, 5) is 0. The number of methoxy groups -OCH3 is 1. The third kappa shape index (κ3) is 3.14.